The molecule has 0 bridgehead atoms. The fraction of sp³-hybridized carbons (Fsp3) is 0.833. The largest absolute Gasteiger partial charge is 0.348 e. The maximum absolute atomic E-state index is 12.4. The number of carbonyl (C=O) groups is 1. The lowest BCUT2D eigenvalue weighted by atomic mass is 9.85. The molecule has 1 aromatic rings. The molecule has 2 N–H and O–H groups in total. The van der Waals surface area contributed by atoms with Crippen LogP contribution in [0.25, 0.3) is 0 Å². The molecule has 1 unspecified atom stereocenters. The summed E-state index contributed by atoms with van der Waals surface area (Å²) in [4.78, 5) is 12.4. The average Bonchev–Trinajstić information content (AvgIpc) is 3.12. The second-order valence-electron chi connectivity index (χ2n) is 7.52. The fourth-order valence-electron chi connectivity index (χ4n) is 3.96. The van der Waals surface area contributed by atoms with Crippen molar-refractivity contribution in [2.45, 2.75) is 76.8 Å². The number of aromatic nitrogens is 3. The Morgan fingerprint density at radius 1 is 1.29 bits per heavy atom. The van der Waals surface area contributed by atoms with E-state index in [1.165, 1.54) is 38.5 Å². The summed E-state index contributed by atoms with van der Waals surface area (Å²) < 4.78 is 1.86. The first-order valence-electron chi connectivity index (χ1n) is 9.66. The molecular weight excluding hydrogens is 302 g/mol. The first kappa shape index (κ1) is 17.4. The van der Waals surface area contributed by atoms with E-state index in [-0.39, 0.29) is 11.9 Å². The Morgan fingerprint density at radius 3 is 2.79 bits per heavy atom. The fourth-order valence-corrected chi connectivity index (χ4v) is 3.96. The molecule has 1 amide bonds. The SMILES string of the molecule is CC(CCC1CCCCC1)NC(=O)c1cn(C2CCNCC2)nn1. The third-order valence-electron chi connectivity index (χ3n) is 5.54. The number of hydrogen-bond acceptors (Lipinski definition) is 4. The number of nitrogens with zero attached hydrogens (tertiary/aromatic N) is 3. The zero-order valence-electron chi connectivity index (χ0n) is 14.8. The minimum absolute atomic E-state index is 0.0914. The van der Waals surface area contributed by atoms with Gasteiger partial charge >= 0.3 is 0 Å². The lowest BCUT2D eigenvalue weighted by molar-refractivity contribution is 0.0931. The van der Waals surface area contributed by atoms with E-state index in [1.54, 1.807) is 6.20 Å². The van der Waals surface area contributed by atoms with Gasteiger partial charge in [0, 0.05) is 6.04 Å². The van der Waals surface area contributed by atoms with Crippen molar-refractivity contribution in [3.63, 3.8) is 0 Å². The molecule has 1 saturated heterocycles. The second kappa shape index (κ2) is 8.60. The van der Waals surface area contributed by atoms with Crippen LogP contribution in [-0.4, -0.2) is 40.0 Å². The Hall–Kier alpha value is -1.43. The van der Waals surface area contributed by atoms with E-state index in [1.807, 2.05) is 4.68 Å². The molecule has 2 fully saturated rings. The molecule has 1 atom stereocenters. The molecule has 1 aromatic heterocycles. The number of hydrogen-bond donors (Lipinski definition) is 2. The van der Waals surface area contributed by atoms with Gasteiger partial charge in [-0.2, -0.15) is 0 Å². The average molecular weight is 333 g/mol. The molecule has 6 heteroatoms. The first-order valence-corrected chi connectivity index (χ1v) is 9.66. The van der Waals surface area contributed by atoms with Crippen molar-refractivity contribution in [3.05, 3.63) is 11.9 Å². The van der Waals surface area contributed by atoms with Gasteiger partial charge in [0.1, 0.15) is 0 Å². The van der Waals surface area contributed by atoms with Crippen molar-refractivity contribution in [2.24, 2.45) is 5.92 Å². The Bertz CT molecular complexity index is 517. The molecule has 1 aliphatic carbocycles. The van der Waals surface area contributed by atoms with Crippen LogP contribution in [0.4, 0.5) is 0 Å². The predicted molar refractivity (Wildman–Crippen MR) is 93.9 cm³/mol. The van der Waals surface area contributed by atoms with Gasteiger partial charge in [-0.1, -0.05) is 37.3 Å². The third-order valence-corrected chi connectivity index (χ3v) is 5.54. The van der Waals surface area contributed by atoms with Crippen LogP contribution in [0.5, 0.6) is 0 Å². The molecule has 134 valence electrons. The lowest BCUT2D eigenvalue weighted by Crippen LogP contribution is -2.33. The Morgan fingerprint density at radius 2 is 2.04 bits per heavy atom. The monoisotopic (exact) mass is 333 g/mol. The van der Waals surface area contributed by atoms with Gasteiger partial charge in [-0.05, 0) is 51.6 Å². The maximum atomic E-state index is 12.4. The normalized spacial score (nSPS) is 21.5. The molecule has 2 aliphatic rings. The highest BCUT2D eigenvalue weighted by molar-refractivity contribution is 5.92. The van der Waals surface area contributed by atoms with E-state index in [0.717, 1.165) is 38.3 Å². The van der Waals surface area contributed by atoms with Gasteiger partial charge in [-0.3, -0.25) is 4.79 Å². The van der Waals surface area contributed by atoms with Crippen LogP contribution in [0.1, 0.15) is 81.2 Å². The summed E-state index contributed by atoms with van der Waals surface area (Å²) in [5.74, 6) is 0.769. The maximum Gasteiger partial charge on any atom is 0.273 e. The highest BCUT2D eigenvalue weighted by Gasteiger charge is 2.20. The molecule has 0 spiro atoms. The molecule has 0 radical (unpaired) electrons. The van der Waals surface area contributed by atoms with Gasteiger partial charge in [-0.15, -0.1) is 5.10 Å². The predicted octanol–water partition coefficient (Wildman–Crippen LogP) is 2.68. The van der Waals surface area contributed by atoms with Gasteiger partial charge in [0.25, 0.3) is 5.91 Å². The Labute approximate surface area is 144 Å². The van der Waals surface area contributed by atoms with Crippen LogP contribution in [0.3, 0.4) is 0 Å². The lowest BCUT2D eigenvalue weighted by Gasteiger charge is -2.23. The molecule has 6 nitrogen and oxygen atoms in total. The van der Waals surface area contributed by atoms with Gasteiger partial charge in [-0.25, -0.2) is 4.68 Å². The number of amides is 1. The van der Waals surface area contributed by atoms with E-state index in [9.17, 15) is 4.79 Å². The zero-order valence-corrected chi connectivity index (χ0v) is 14.8. The van der Waals surface area contributed by atoms with Crippen molar-refractivity contribution >= 4 is 5.91 Å². The summed E-state index contributed by atoms with van der Waals surface area (Å²) >= 11 is 0. The van der Waals surface area contributed by atoms with Crippen LogP contribution >= 0.6 is 0 Å². The van der Waals surface area contributed by atoms with Crippen LogP contribution in [-0.2, 0) is 0 Å². The molecule has 2 heterocycles. The number of carbonyl (C=O) groups excluding carboxylic acids is 1. The van der Waals surface area contributed by atoms with Crippen LogP contribution in [0, 0.1) is 5.92 Å². The highest BCUT2D eigenvalue weighted by Crippen LogP contribution is 2.27. The van der Waals surface area contributed by atoms with Gasteiger partial charge in [0.05, 0.1) is 12.2 Å². The van der Waals surface area contributed by atoms with E-state index in [2.05, 4.69) is 27.9 Å². The van der Waals surface area contributed by atoms with Crippen molar-refractivity contribution in [2.75, 3.05) is 13.1 Å². The molecule has 24 heavy (non-hydrogen) atoms. The summed E-state index contributed by atoms with van der Waals surface area (Å²) in [5, 5.41) is 14.7. The van der Waals surface area contributed by atoms with Crippen molar-refractivity contribution in [3.8, 4) is 0 Å². The minimum Gasteiger partial charge on any atom is -0.348 e. The van der Waals surface area contributed by atoms with Gasteiger partial charge in [0.15, 0.2) is 5.69 Å². The van der Waals surface area contributed by atoms with Crippen LogP contribution in [0.2, 0.25) is 0 Å². The summed E-state index contributed by atoms with van der Waals surface area (Å²) in [7, 11) is 0. The second-order valence-corrected chi connectivity index (χ2v) is 7.52. The summed E-state index contributed by atoms with van der Waals surface area (Å²) in [6.45, 7) is 4.10. The number of piperidine rings is 1. The summed E-state index contributed by atoms with van der Waals surface area (Å²) in [6, 6.07) is 0.562. The van der Waals surface area contributed by atoms with E-state index < -0.39 is 0 Å². The topological polar surface area (TPSA) is 71.8 Å². The van der Waals surface area contributed by atoms with Crippen molar-refractivity contribution in [1.29, 1.82) is 0 Å². The van der Waals surface area contributed by atoms with Crippen molar-refractivity contribution in [1.82, 2.24) is 25.6 Å². The minimum atomic E-state index is -0.0914. The van der Waals surface area contributed by atoms with Crippen molar-refractivity contribution < 1.29 is 4.79 Å². The quantitative estimate of drug-likeness (QED) is 0.839. The van der Waals surface area contributed by atoms with E-state index in [0.29, 0.717) is 11.7 Å². The van der Waals surface area contributed by atoms with Crippen LogP contribution in [0.15, 0.2) is 6.20 Å². The smallest absolute Gasteiger partial charge is 0.273 e. The highest BCUT2D eigenvalue weighted by atomic mass is 16.2. The number of nitrogens with one attached hydrogen (secondary N) is 2. The summed E-state index contributed by atoms with van der Waals surface area (Å²) in [6.07, 6.45) is 13.1. The zero-order chi connectivity index (χ0) is 16.8. The Balaban J connectivity index is 1.44. The third kappa shape index (κ3) is 4.79. The van der Waals surface area contributed by atoms with Crippen LogP contribution < -0.4 is 10.6 Å². The standard InChI is InChI=1S/C18H31N5O/c1-14(7-8-15-5-3-2-4-6-15)20-18(24)17-13-23(22-21-17)16-9-11-19-12-10-16/h13-16,19H,2-12H2,1H3,(H,20,24). The molecule has 1 aliphatic heterocycles. The molecule has 1 saturated carbocycles. The van der Waals surface area contributed by atoms with E-state index >= 15 is 0 Å². The molecular formula is C18H31N5O. The van der Waals surface area contributed by atoms with Gasteiger partial charge < -0.3 is 10.6 Å². The first-order chi connectivity index (χ1) is 11.7. The Kier molecular flexibility index (Phi) is 6.24. The molecule has 3 rings (SSSR count). The van der Waals surface area contributed by atoms with E-state index in [4.69, 9.17) is 0 Å². The molecule has 0 aromatic carbocycles. The van der Waals surface area contributed by atoms with Gasteiger partial charge in [0.2, 0.25) is 0 Å². The summed E-state index contributed by atoms with van der Waals surface area (Å²) in [5.41, 5.74) is 0.443. The number of rotatable bonds is 6.